The van der Waals surface area contributed by atoms with Crippen LogP contribution in [0.1, 0.15) is 33.0 Å². The van der Waals surface area contributed by atoms with Crippen LogP contribution in [0.4, 0.5) is 0 Å². The van der Waals surface area contributed by atoms with Crippen molar-refractivity contribution >= 4 is 17.2 Å². The lowest BCUT2D eigenvalue weighted by Crippen LogP contribution is -2.29. The van der Waals surface area contributed by atoms with Crippen molar-refractivity contribution in [3.8, 4) is 0 Å². The molecule has 1 aliphatic heterocycles. The van der Waals surface area contributed by atoms with Gasteiger partial charge >= 0.3 is 0 Å². The number of thiophene rings is 1. The Morgan fingerprint density at radius 3 is 3.22 bits per heavy atom. The first-order valence-electron chi connectivity index (χ1n) is 6.00. The zero-order chi connectivity index (χ0) is 13.0. The number of nitrogens with two attached hydrogens (primary N) is 1. The normalized spacial score (nSPS) is 19.1. The van der Waals surface area contributed by atoms with Crippen LogP contribution < -0.4 is 11.3 Å². The summed E-state index contributed by atoms with van der Waals surface area (Å²) in [5.41, 5.74) is 3.17. The highest BCUT2D eigenvalue weighted by Crippen LogP contribution is 2.22. The molecule has 0 aromatic carbocycles. The predicted molar refractivity (Wildman–Crippen MR) is 69.3 cm³/mol. The van der Waals surface area contributed by atoms with Crippen LogP contribution in [0.25, 0.3) is 0 Å². The van der Waals surface area contributed by atoms with Crippen molar-refractivity contribution < 1.29 is 14.3 Å². The number of hydrazine groups is 1. The third-order valence-electron chi connectivity index (χ3n) is 2.96. The lowest BCUT2D eigenvalue weighted by atomic mass is 10.2. The highest BCUT2D eigenvalue weighted by atomic mass is 32.1. The monoisotopic (exact) mass is 270 g/mol. The van der Waals surface area contributed by atoms with E-state index in [1.165, 1.54) is 11.3 Å². The van der Waals surface area contributed by atoms with Gasteiger partial charge < -0.3 is 9.47 Å². The molecule has 1 aromatic heterocycles. The van der Waals surface area contributed by atoms with Gasteiger partial charge in [0.05, 0.1) is 24.2 Å². The van der Waals surface area contributed by atoms with E-state index < -0.39 is 0 Å². The van der Waals surface area contributed by atoms with Gasteiger partial charge in [0.15, 0.2) is 0 Å². The summed E-state index contributed by atoms with van der Waals surface area (Å²) < 4.78 is 11.1. The van der Waals surface area contributed by atoms with E-state index in [0.717, 1.165) is 29.9 Å². The Kier molecular flexibility index (Phi) is 4.71. The molecule has 1 aromatic rings. The summed E-state index contributed by atoms with van der Waals surface area (Å²) in [6, 6.07) is 1.83. The maximum atomic E-state index is 11.4. The largest absolute Gasteiger partial charge is 0.376 e. The second-order valence-corrected chi connectivity index (χ2v) is 5.57. The van der Waals surface area contributed by atoms with Crippen LogP contribution in [-0.4, -0.2) is 25.2 Å². The number of amides is 1. The van der Waals surface area contributed by atoms with E-state index in [0.29, 0.717) is 18.1 Å². The third kappa shape index (κ3) is 3.29. The molecule has 1 amide bonds. The van der Waals surface area contributed by atoms with Gasteiger partial charge in [-0.2, -0.15) is 0 Å². The summed E-state index contributed by atoms with van der Waals surface area (Å²) in [5, 5.41) is 0. The second-order valence-electron chi connectivity index (χ2n) is 4.32. The van der Waals surface area contributed by atoms with Gasteiger partial charge in [-0.3, -0.25) is 10.2 Å². The number of nitrogen functional groups attached to an aromatic ring is 1. The van der Waals surface area contributed by atoms with Gasteiger partial charge in [-0.25, -0.2) is 5.84 Å². The molecule has 18 heavy (non-hydrogen) atoms. The average Bonchev–Trinajstić information content (AvgIpc) is 2.99. The van der Waals surface area contributed by atoms with E-state index in [-0.39, 0.29) is 12.0 Å². The molecule has 2 heterocycles. The topological polar surface area (TPSA) is 73.6 Å². The second kappa shape index (κ2) is 6.29. The Hall–Kier alpha value is -0.950. The fraction of sp³-hybridized carbons (Fsp3) is 0.583. The van der Waals surface area contributed by atoms with Crippen LogP contribution >= 0.6 is 11.3 Å². The Labute approximate surface area is 110 Å². The Morgan fingerprint density at radius 1 is 1.72 bits per heavy atom. The van der Waals surface area contributed by atoms with E-state index in [9.17, 15) is 4.79 Å². The molecule has 100 valence electrons. The van der Waals surface area contributed by atoms with Crippen molar-refractivity contribution in [1.29, 1.82) is 0 Å². The van der Waals surface area contributed by atoms with Crippen molar-refractivity contribution in [3.05, 3.63) is 21.4 Å². The standard InChI is InChI=1S/C12H18N2O3S/c1-8-9(5-11(18-8)12(15)14-13)6-16-7-10-3-2-4-17-10/h5,10H,2-4,6-7,13H2,1H3,(H,14,15). The number of aryl methyl sites for hydroxylation is 1. The van der Waals surface area contributed by atoms with E-state index >= 15 is 0 Å². The van der Waals surface area contributed by atoms with Crippen molar-refractivity contribution in [2.24, 2.45) is 5.84 Å². The van der Waals surface area contributed by atoms with Crippen LogP contribution in [0.3, 0.4) is 0 Å². The zero-order valence-electron chi connectivity index (χ0n) is 10.4. The lowest BCUT2D eigenvalue weighted by molar-refractivity contribution is 0.0105. The fourth-order valence-electron chi connectivity index (χ4n) is 1.92. The molecule has 3 N–H and O–H groups in total. The van der Waals surface area contributed by atoms with Crippen LogP contribution in [-0.2, 0) is 16.1 Å². The maximum Gasteiger partial charge on any atom is 0.275 e. The van der Waals surface area contributed by atoms with Crippen LogP contribution in [0.2, 0.25) is 0 Å². The lowest BCUT2D eigenvalue weighted by Gasteiger charge is -2.09. The van der Waals surface area contributed by atoms with Crippen molar-refractivity contribution in [1.82, 2.24) is 5.43 Å². The highest BCUT2D eigenvalue weighted by Gasteiger charge is 2.16. The minimum atomic E-state index is -0.256. The Balaban J connectivity index is 1.84. The smallest absolute Gasteiger partial charge is 0.275 e. The number of carbonyl (C=O) groups is 1. The molecule has 0 aliphatic carbocycles. The minimum absolute atomic E-state index is 0.232. The van der Waals surface area contributed by atoms with E-state index in [2.05, 4.69) is 5.43 Å². The van der Waals surface area contributed by atoms with Crippen molar-refractivity contribution in [2.75, 3.05) is 13.2 Å². The van der Waals surface area contributed by atoms with Crippen molar-refractivity contribution in [2.45, 2.75) is 32.5 Å². The van der Waals surface area contributed by atoms with Gasteiger partial charge in [-0.1, -0.05) is 0 Å². The molecule has 1 unspecified atom stereocenters. The summed E-state index contributed by atoms with van der Waals surface area (Å²) in [5.74, 6) is 4.85. The molecular formula is C12H18N2O3S. The first-order valence-corrected chi connectivity index (χ1v) is 6.82. The highest BCUT2D eigenvalue weighted by molar-refractivity contribution is 7.14. The number of hydrogen-bond donors (Lipinski definition) is 2. The average molecular weight is 270 g/mol. The molecular weight excluding hydrogens is 252 g/mol. The van der Waals surface area contributed by atoms with Crippen LogP contribution in [0.15, 0.2) is 6.07 Å². The number of carbonyl (C=O) groups excluding carboxylic acids is 1. The van der Waals surface area contributed by atoms with E-state index in [4.69, 9.17) is 15.3 Å². The van der Waals surface area contributed by atoms with Gasteiger partial charge in [0, 0.05) is 11.5 Å². The molecule has 0 saturated carbocycles. The van der Waals surface area contributed by atoms with Gasteiger partial charge in [-0.05, 0) is 31.4 Å². The predicted octanol–water partition coefficient (Wildman–Crippen LogP) is 1.36. The molecule has 5 nitrogen and oxygen atoms in total. The number of ether oxygens (including phenoxy) is 2. The van der Waals surface area contributed by atoms with Gasteiger partial charge in [0.25, 0.3) is 5.91 Å². The van der Waals surface area contributed by atoms with E-state index in [1.807, 2.05) is 13.0 Å². The maximum absolute atomic E-state index is 11.4. The van der Waals surface area contributed by atoms with Crippen molar-refractivity contribution in [3.63, 3.8) is 0 Å². The molecule has 0 spiro atoms. The van der Waals surface area contributed by atoms with Gasteiger partial charge in [0.2, 0.25) is 0 Å². The first kappa shape index (κ1) is 13.5. The SMILES string of the molecule is Cc1sc(C(=O)NN)cc1COCC1CCCO1. The fourth-order valence-corrected chi connectivity index (χ4v) is 2.85. The molecule has 1 aliphatic rings. The number of rotatable bonds is 5. The molecule has 1 saturated heterocycles. The molecule has 0 radical (unpaired) electrons. The number of nitrogens with one attached hydrogen (secondary N) is 1. The molecule has 0 bridgehead atoms. The molecule has 2 rings (SSSR count). The first-order chi connectivity index (χ1) is 8.70. The summed E-state index contributed by atoms with van der Waals surface area (Å²) in [7, 11) is 0. The number of hydrogen-bond acceptors (Lipinski definition) is 5. The summed E-state index contributed by atoms with van der Waals surface area (Å²) in [6.07, 6.45) is 2.42. The molecule has 1 fully saturated rings. The Morgan fingerprint density at radius 2 is 2.56 bits per heavy atom. The third-order valence-corrected chi connectivity index (χ3v) is 4.05. The molecule has 6 heteroatoms. The zero-order valence-corrected chi connectivity index (χ0v) is 11.2. The Bertz CT molecular complexity index is 413. The summed E-state index contributed by atoms with van der Waals surface area (Å²) in [4.78, 5) is 13.1. The van der Waals surface area contributed by atoms with E-state index in [1.54, 1.807) is 0 Å². The summed E-state index contributed by atoms with van der Waals surface area (Å²) >= 11 is 1.43. The van der Waals surface area contributed by atoms with Gasteiger partial charge in [-0.15, -0.1) is 11.3 Å². The quantitative estimate of drug-likeness (QED) is 0.481. The van der Waals surface area contributed by atoms with Crippen LogP contribution in [0, 0.1) is 6.92 Å². The summed E-state index contributed by atoms with van der Waals surface area (Å²) in [6.45, 7) is 3.95. The molecule has 1 atom stereocenters. The minimum Gasteiger partial charge on any atom is -0.376 e. The van der Waals surface area contributed by atoms with Gasteiger partial charge in [0.1, 0.15) is 0 Å². The van der Waals surface area contributed by atoms with Crippen LogP contribution in [0.5, 0.6) is 0 Å².